The van der Waals surface area contributed by atoms with E-state index in [0.717, 1.165) is 47.9 Å². The van der Waals surface area contributed by atoms with Crippen molar-refractivity contribution >= 4 is 23.1 Å². The summed E-state index contributed by atoms with van der Waals surface area (Å²) in [6.07, 6.45) is 7.72. The smallest absolute Gasteiger partial charge is 0.224 e. The van der Waals surface area contributed by atoms with E-state index >= 15 is 0 Å². The fourth-order valence-corrected chi connectivity index (χ4v) is 3.96. The van der Waals surface area contributed by atoms with Crippen LogP contribution >= 0.6 is 11.3 Å². The number of aromatic nitrogens is 4. The van der Waals surface area contributed by atoms with Crippen molar-refractivity contribution in [3.05, 3.63) is 47.9 Å². The third-order valence-corrected chi connectivity index (χ3v) is 5.43. The van der Waals surface area contributed by atoms with Crippen LogP contribution in [-0.4, -0.2) is 50.8 Å². The van der Waals surface area contributed by atoms with Crippen molar-refractivity contribution < 1.29 is 5.11 Å². The average Bonchev–Trinajstić information content (AvgIpc) is 3.18. The zero-order valence-electron chi connectivity index (χ0n) is 15.0. The van der Waals surface area contributed by atoms with E-state index in [1.807, 2.05) is 24.4 Å². The number of pyridine rings is 1. The lowest BCUT2D eigenvalue weighted by molar-refractivity contribution is 0.154. The second-order valence-electron chi connectivity index (χ2n) is 6.54. The molecule has 1 saturated heterocycles. The molecule has 1 atom stereocenters. The van der Waals surface area contributed by atoms with Gasteiger partial charge in [-0.3, -0.25) is 4.98 Å². The van der Waals surface area contributed by atoms with Crippen LogP contribution in [0.5, 0.6) is 0 Å². The van der Waals surface area contributed by atoms with Gasteiger partial charge in [0.05, 0.1) is 11.8 Å². The Labute approximate surface area is 162 Å². The van der Waals surface area contributed by atoms with Gasteiger partial charge in [0.2, 0.25) is 5.95 Å². The molecule has 1 aliphatic rings. The maximum atomic E-state index is 9.85. The van der Waals surface area contributed by atoms with Crippen LogP contribution in [0.25, 0.3) is 10.6 Å². The van der Waals surface area contributed by atoms with E-state index in [4.69, 9.17) is 0 Å². The fourth-order valence-electron chi connectivity index (χ4n) is 3.12. The molecule has 3 aromatic heterocycles. The Morgan fingerprint density at radius 3 is 3.07 bits per heavy atom. The molecule has 0 amide bonds. The molecule has 0 bridgehead atoms. The molecule has 4 heterocycles. The van der Waals surface area contributed by atoms with Gasteiger partial charge in [-0.25, -0.2) is 9.97 Å². The van der Waals surface area contributed by atoms with Gasteiger partial charge in [0.25, 0.3) is 0 Å². The zero-order chi connectivity index (χ0) is 18.5. The lowest BCUT2D eigenvalue weighted by Gasteiger charge is -2.31. The molecule has 0 aliphatic carbocycles. The van der Waals surface area contributed by atoms with Crippen molar-refractivity contribution in [2.45, 2.75) is 25.4 Å². The van der Waals surface area contributed by atoms with E-state index in [9.17, 15) is 5.11 Å². The third-order valence-electron chi connectivity index (χ3n) is 4.49. The first-order valence-corrected chi connectivity index (χ1v) is 10.0. The number of thiazole rings is 1. The van der Waals surface area contributed by atoms with Crippen molar-refractivity contribution in [3.63, 3.8) is 0 Å². The summed E-state index contributed by atoms with van der Waals surface area (Å²) in [5, 5.41) is 16.2. The van der Waals surface area contributed by atoms with E-state index in [1.165, 1.54) is 0 Å². The minimum atomic E-state index is -0.274. The minimum absolute atomic E-state index is 0.274. The molecule has 1 unspecified atom stereocenters. The lowest BCUT2D eigenvalue weighted by atomic mass is 10.1. The predicted molar refractivity (Wildman–Crippen MR) is 107 cm³/mol. The molecule has 8 heteroatoms. The van der Waals surface area contributed by atoms with Crippen molar-refractivity contribution in [2.24, 2.45) is 0 Å². The SMILES string of the molecule is OC1CCCN(c2ccnc(NCCc3csc(-c4cccnc4)n3)n2)C1. The highest BCUT2D eigenvalue weighted by atomic mass is 32.1. The Morgan fingerprint density at radius 2 is 2.22 bits per heavy atom. The molecule has 0 spiro atoms. The van der Waals surface area contributed by atoms with Crippen LogP contribution in [0.2, 0.25) is 0 Å². The Morgan fingerprint density at radius 1 is 1.26 bits per heavy atom. The number of hydrogen-bond donors (Lipinski definition) is 2. The summed E-state index contributed by atoms with van der Waals surface area (Å²) in [6, 6.07) is 5.83. The predicted octanol–water partition coefficient (Wildman–Crippen LogP) is 2.61. The number of β-amino-alcohol motifs (C(OH)–C–C–N with tert-alkyl or cyclic N) is 1. The normalized spacial score (nSPS) is 17.1. The van der Waals surface area contributed by atoms with E-state index in [1.54, 1.807) is 23.7 Å². The van der Waals surface area contributed by atoms with Crippen LogP contribution in [0.3, 0.4) is 0 Å². The monoisotopic (exact) mass is 382 g/mol. The number of piperidine rings is 1. The van der Waals surface area contributed by atoms with Crippen molar-refractivity contribution in [2.75, 3.05) is 29.9 Å². The molecule has 27 heavy (non-hydrogen) atoms. The maximum absolute atomic E-state index is 9.85. The average molecular weight is 382 g/mol. The Balaban J connectivity index is 1.33. The minimum Gasteiger partial charge on any atom is -0.391 e. The molecule has 2 N–H and O–H groups in total. The summed E-state index contributed by atoms with van der Waals surface area (Å²) >= 11 is 1.63. The Hall–Kier alpha value is -2.58. The Bertz CT molecular complexity index is 871. The molecule has 1 aliphatic heterocycles. The summed E-state index contributed by atoms with van der Waals surface area (Å²) in [6.45, 7) is 2.26. The number of aliphatic hydroxyl groups excluding tert-OH is 1. The molecular formula is C19H22N6OS. The van der Waals surface area contributed by atoms with Gasteiger partial charge in [0.1, 0.15) is 10.8 Å². The zero-order valence-corrected chi connectivity index (χ0v) is 15.8. The van der Waals surface area contributed by atoms with E-state index in [2.05, 4.69) is 35.5 Å². The molecule has 0 saturated carbocycles. The molecular weight excluding hydrogens is 360 g/mol. The summed E-state index contributed by atoms with van der Waals surface area (Å²) < 4.78 is 0. The molecule has 0 aromatic carbocycles. The lowest BCUT2D eigenvalue weighted by Crippen LogP contribution is -2.38. The summed E-state index contributed by atoms with van der Waals surface area (Å²) in [5.41, 5.74) is 2.09. The summed E-state index contributed by atoms with van der Waals surface area (Å²) in [4.78, 5) is 19.8. The molecule has 1 fully saturated rings. The molecule has 0 radical (unpaired) electrons. The Kier molecular flexibility index (Phi) is 5.55. The van der Waals surface area contributed by atoms with Gasteiger partial charge in [-0.15, -0.1) is 11.3 Å². The second kappa shape index (κ2) is 8.41. The van der Waals surface area contributed by atoms with E-state index in [0.29, 0.717) is 19.0 Å². The first-order chi connectivity index (χ1) is 13.3. The van der Waals surface area contributed by atoms with E-state index < -0.39 is 0 Å². The summed E-state index contributed by atoms with van der Waals surface area (Å²) in [7, 11) is 0. The standard InChI is InChI=1S/C19H22N6OS/c26-16-4-2-10-25(12-16)17-6-9-22-19(24-17)21-8-5-15-13-27-18(23-15)14-3-1-7-20-11-14/h1,3,6-7,9,11,13,16,26H,2,4-5,8,10,12H2,(H,21,22,24). The third kappa shape index (κ3) is 4.58. The molecule has 7 nitrogen and oxygen atoms in total. The van der Waals surface area contributed by atoms with Gasteiger partial charge in [0.15, 0.2) is 0 Å². The van der Waals surface area contributed by atoms with Crippen LogP contribution in [0.15, 0.2) is 42.2 Å². The maximum Gasteiger partial charge on any atom is 0.224 e. The van der Waals surface area contributed by atoms with Crippen molar-refractivity contribution in [1.82, 2.24) is 19.9 Å². The largest absolute Gasteiger partial charge is 0.391 e. The number of aliphatic hydroxyl groups is 1. The van der Waals surface area contributed by atoms with E-state index in [-0.39, 0.29) is 6.10 Å². The number of anilines is 2. The number of hydrogen-bond acceptors (Lipinski definition) is 8. The van der Waals surface area contributed by atoms with Crippen LogP contribution in [0.4, 0.5) is 11.8 Å². The van der Waals surface area contributed by atoms with Crippen molar-refractivity contribution in [1.29, 1.82) is 0 Å². The number of nitrogens with zero attached hydrogens (tertiary/aromatic N) is 5. The van der Waals surface area contributed by atoms with Crippen molar-refractivity contribution in [3.8, 4) is 10.6 Å². The second-order valence-corrected chi connectivity index (χ2v) is 7.40. The molecule has 140 valence electrons. The first-order valence-electron chi connectivity index (χ1n) is 9.13. The van der Waals surface area contributed by atoms with Gasteiger partial charge in [-0.1, -0.05) is 0 Å². The van der Waals surface area contributed by atoms with Crippen LogP contribution in [0, 0.1) is 0 Å². The fraction of sp³-hybridized carbons (Fsp3) is 0.368. The van der Waals surface area contributed by atoms with Gasteiger partial charge in [-0.05, 0) is 31.0 Å². The number of rotatable bonds is 6. The highest BCUT2D eigenvalue weighted by Gasteiger charge is 2.19. The highest BCUT2D eigenvalue weighted by molar-refractivity contribution is 7.13. The van der Waals surface area contributed by atoms with Gasteiger partial charge >= 0.3 is 0 Å². The highest BCUT2D eigenvalue weighted by Crippen LogP contribution is 2.23. The molecule has 4 rings (SSSR count). The first kappa shape index (κ1) is 17.8. The van der Waals surface area contributed by atoms with Crippen LogP contribution in [-0.2, 0) is 6.42 Å². The quantitative estimate of drug-likeness (QED) is 0.677. The number of nitrogens with one attached hydrogen (secondary N) is 1. The van der Waals surface area contributed by atoms with Gasteiger partial charge in [-0.2, -0.15) is 4.98 Å². The summed E-state index contributed by atoms with van der Waals surface area (Å²) in [5.74, 6) is 1.47. The van der Waals surface area contributed by atoms with Crippen LogP contribution in [0.1, 0.15) is 18.5 Å². The molecule has 3 aromatic rings. The van der Waals surface area contributed by atoms with Gasteiger partial charge in [0, 0.05) is 55.6 Å². The van der Waals surface area contributed by atoms with Gasteiger partial charge < -0.3 is 15.3 Å². The topological polar surface area (TPSA) is 87.1 Å². The van der Waals surface area contributed by atoms with Crippen LogP contribution < -0.4 is 10.2 Å².